The fraction of sp³-hybridized carbons (Fsp3) is 0.444. The lowest BCUT2D eigenvalue weighted by atomic mass is 9.96. The molecule has 6 nitrogen and oxygen atoms in total. The van der Waals surface area contributed by atoms with E-state index in [-0.39, 0.29) is 18.0 Å². The first-order valence-corrected chi connectivity index (χ1v) is 8.57. The van der Waals surface area contributed by atoms with Crippen LogP contribution >= 0.6 is 0 Å². The Bertz CT molecular complexity index is 718. The van der Waals surface area contributed by atoms with Crippen LogP contribution in [0.4, 0.5) is 11.6 Å². The smallest absolute Gasteiger partial charge is 0.227 e. The molecule has 0 aromatic carbocycles. The standard InChI is InChI=1S/C18H21N5O/c1-2-13-10-20-18(21-11-13)22-9-7-16-15(22)5-6-17(24)23(16)14-4-3-8-19-12-14/h3-4,8,10-12,15-16H,2,5-7,9H2,1H3/t15-,16-/m0/s1. The number of anilines is 2. The van der Waals surface area contributed by atoms with Gasteiger partial charge in [-0.05, 0) is 37.0 Å². The van der Waals surface area contributed by atoms with Crippen molar-refractivity contribution >= 4 is 17.5 Å². The van der Waals surface area contributed by atoms with Gasteiger partial charge in [0.1, 0.15) is 0 Å². The number of rotatable bonds is 3. The van der Waals surface area contributed by atoms with Crippen LogP contribution in [0.2, 0.25) is 0 Å². The van der Waals surface area contributed by atoms with Crippen molar-refractivity contribution in [3.63, 3.8) is 0 Å². The molecule has 2 atom stereocenters. The molecule has 2 aliphatic heterocycles. The number of carbonyl (C=O) groups is 1. The zero-order chi connectivity index (χ0) is 16.5. The van der Waals surface area contributed by atoms with Crippen molar-refractivity contribution in [1.29, 1.82) is 0 Å². The van der Waals surface area contributed by atoms with Gasteiger partial charge in [-0.2, -0.15) is 0 Å². The molecule has 2 saturated heterocycles. The minimum absolute atomic E-state index is 0.171. The highest BCUT2D eigenvalue weighted by Gasteiger charge is 2.44. The summed E-state index contributed by atoms with van der Waals surface area (Å²) in [6.07, 6.45) is 10.6. The Hall–Kier alpha value is -2.50. The lowest BCUT2D eigenvalue weighted by Crippen LogP contribution is -2.53. The summed E-state index contributed by atoms with van der Waals surface area (Å²) in [6, 6.07) is 4.29. The molecule has 0 unspecified atom stereocenters. The molecule has 4 heterocycles. The highest BCUT2D eigenvalue weighted by atomic mass is 16.2. The average molecular weight is 323 g/mol. The zero-order valence-corrected chi connectivity index (χ0v) is 13.8. The van der Waals surface area contributed by atoms with Crippen LogP contribution < -0.4 is 9.80 Å². The van der Waals surface area contributed by atoms with Crippen molar-refractivity contribution < 1.29 is 4.79 Å². The number of carbonyl (C=O) groups excluding carboxylic acids is 1. The van der Waals surface area contributed by atoms with Crippen LogP contribution in [0.1, 0.15) is 31.7 Å². The maximum atomic E-state index is 12.5. The van der Waals surface area contributed by atoms with E-state index in [1.54, 1.807) is 12.4 Å². The Labute approximate surface area is 141 Å². The molecule has 0 radical (unpaired) electrons. The Balaban J connectivity index is 1.61. The van der Waals surface area contributed by atoms with Crippen molar-refractivity contribution in [2.45, 2.75) is 44.7 Å². The monoisotopic (exact) mass is 323 g/mol. The van der Waals surface area contributed by atoms with E-state index in [4.69, 9.17) is 0 Å². The van der Waals surface area contributed by atoms with Gasteiger partial charge in [0, 0.05) is 31.6 Å². The first-order valence-electron chi connectivity index (χ1n) is 8.57. The van der Waals surface area contributed by atoms with Crippen molar-refractivity contribution in [3.05, 3.63) is 42.5 Å². The molecular weight excluding hydrogens is 302 g/mol. The summed E-state index contributed by atoms with van der Waals surface area (Å²) < 4.78 is 0. The van der Waals surface area contributed by atoms with E-state index in [9.17, 15) is 4.79 Å². The van der Waals surface area contributed by atoms with Gasteiger partial charge >= 0.3 is 0 Å². The molecule has 24 heavy (non-hydrogen) atoms. The van der Waals surface area contributed by atoms with Crippen molar-refractivity contribution in [2.75, 3.05) is 16.3 Å². The summed E-state index contributed by atoms with van der Waals surface area (Å²) in [7, 11) is 0. The Morgan fingerprint density at radius 2 is 2.00 bits per heavy atom. The molecule has 124 valence electrons. The molecule has 0 spiro atoms. The highest BCUT2D eigenvalue weighted by molar-refractivity contribution is 5.95. The molecule has 4 rings (SSSR count). The number of pyridine rings is 1. The fourth-order valence-corrected chi connectivity index (χ4v) is 3.82. The van der Waals surface area contributed by atoms with E-state index in [2.05, 4.69) is 26.8 Å². The zero-order valence-electron chi connectivity index (χ0n) is 13.8. The first-order chi connectivity index (χ1) is 11.8. The third-order valence-electron chi connectivity index (χ3n) is 5.05. The van der Waals surface area contributed by atoms with Gasteiger partial charge in [-0.15, -0.1) is 0 Å². The SMILES string of the molecule is CCc1cnc(N2CC[C@H]3[C@@H]2CCC(=O)N3c2cccnc2)nc1. The van der Waals surface area contributed by atoms with Gasteiger partial charge in [-0.1, -0.05) is 6.92 Å². The molecule has 2 aromatic rings. The van der Waals surface area contributed by atoms with Crippen LogP contribution in [0.15, 0.2) is 36.9 Å². The minimum atomic E-state index is 0.171. The number of aryl methyl sites for hydroxylation is 1. The second-order valence-electron chi connectivity index (χ2n) is 6.38. The summed E-state index contributed by atoms with van der Waals surface area (Å²) in [4.78, 5) is 30.0. The lowest BCUT2D eigenvalue weighted by Gasteiger charge is -2.39. The third-order valence-corrected chi connectivity index (χ3v) is 5.05. The number of fused-ring (bicyclic) bond motifs is 1. The molecule has 6 heteroatoms. The number of aromatic nitrogens is 3. The van der Waals surface area contributed by atoms with Crippen LogP contribution in [-0.2, 0) is 11.2 Å². The Morgan fingerprint density at radius 3 is 2.71 bits per heavy atom. The van der Waals surface area contributed by atoms with E-state index in [1.807, 2.05) is 29.4 Å². The minimum Gasteiger partial charge on any atom is -0.336 e. The fourth-order valence-electron chi connectivity index (χ4n) is 3.82. The predicted molar refractivity (Wildman–Crippen MR) is 91.9 cm³/mol. The summed E-state index contributed by atoms with van der Waals surface area (Å²) in [5.74, 6) is 0.966. The topological polar surface area (TPSA) is 62.2 Å². The van der Waals surface area contributed by atoms with Crippen LogP contribution in [0.3, 0.4) is 0 Å². The number of nitrogens with zero attached hydrogens (tertiary/aromatic N) is 5. The molecule has 0 bridgehead atoms. The maximum Gasteiger partial charge on any atom is 0.227 e. The highest BCUT2D eigenvalue weighted by Crippen LogP contribution is 2.35. The van der Waals surface area contributed by atoms with E-state index >= 15 is 0 Å². The van der Waals surface area contributed by atoms with Gasteiger partial charge in [-0.3, -0.25) is 9.78 Å². The van der Waals surface area contributed by atoms with Gasteiger partial charge in [0.05, 0.1) is 24.0 Å². The quantitative estimate of drug-likeness (QED) is 0.866. The molecule has 2 fully saturated rings. The van der Waals surface area contributed by atoms with E-state index < -0.39 is 0 Å². The van der Waals surface area contributed by atoms with E-state index in [0.29, 0.717) is 6.42 Å². The van der Waals surface area contributed by atoms with Crippen molar-refractivity contribution in [2.24, 2.45) is 0 Å². The molecule has 2 aliphatic rings. The van der Waals surface area contributed by atoms with Crippen molar-refractivity contribution in [1.82, 2.24) is 15.0 Å². The van der Waals surface area contributed by atoms with E-state index in [0.717, 1.165) is 43.0 Å². The molecule has 0 aliphatic carbocycles. The normalized spacial score (nSPS) is 23.5. The second kappa shape index (κ2) is 6.19. The molecule has 0 saturated carbocycles. The summed E-state index contributed by atoms with van der Waals surface area (Å²) in [5, 5.41) is 0. The van der Waals surface area contributed by atoms with Crippen molar-refractivity contribution in [3.8, 4) is 0 Å². The average Bonchev–Trinajstić information content (AvgIpc) is 3.06. The maximum absolute atomic E-state index is 12.5. The number of piperidine rings is 1. The second-order valence-corrected chi connectivity index (χ2v) is 6.38. The first kappa shape index (κ1) is 15.1. The lowest BCUT2D eigenvalue weighted by molar-refractivity contribution is -0.120. The van der Waals surface area contributed by atoms with Crippen LogP contribution in [0.25, 0.3) is 0 Å². The van der Waals surface area contributed by atoms with Crippen LogP contribution in [-0.4, -0.2) is 39.5 Å². The van der Waals surface area contributed by atoms with Gasteiger partial charge in [0.2, 0.25) is 11.9 Å². The Kier molecular flexibility index (Phi) is 3.88. The van der Waals surface area contributed by atoms with Gasteiger partial charge in [0.15, 0.2) is 0 Å². The van der Waals surface area contributed by atoms with Gasteiger partial charge in [-0.25, -0.2) is 9.97 Å². The summed E-state index contributed by atoms with van der Waals surface area (Å²) in [6.45, 7) is 2.98. The predicted octanol–water partition coefficient (Wildman–Crippen LogP) is 2.21. The largest absolute Gasteiger partial charge is 0.336 e. The van der Waals surface area contributed by atoms with Gasteiger partial charge < -0.3 is 9.80 Å². The van der Waals surface area contributed by atoms with Gasteiger partial charge in [0.25, 0.3) is 0 Å². The molecule has 0 N–H and O–H groups in total. The van der Waals surface area contributed by atoms with E-state index in [1.165, 1.54) is 0 Å². The van der Waals surface area contributed by atoms with Crippen LogP contribution in [0.5, 0.6) is 0 Å². The number of amides is 1. The molecule has 2 aromatic heterocycles. The molecular formula is C18H21N5O. The summed E-state index contributed by atoms with van der Waals surface area (Å²) in [5.41, 5.74) is 2.03. The van der Waals surface area contributed by atoms with Crippen LogP contribution in [0, 0.1) is 0 Å². The Morgan fingerprint density at radius 1 is 1.17 bits per heavy atom. The summed E-state index contributed by atoms with van der Waals surface area (Å²) >= 11 is 0. The third kappa shape index (κ3) is 2.52. The number of hydrogen-bond donors (Lipinski definition) is 0. The number of hydrogen-bond acceptors (Lipinski definition) is 5. The molecule has 1 amide bonds.